The molecule has 0 aliphatic carbocycles. The molecule has 0 aliphatic heterocycles. The third kappa shape index (κ3) is 3.80. The summed E-state index contributed by atoms with van der Waals surface area (Å²) in [5, 5.41) is 11.6. The van der Waals surface area contributed by atoms with E-state index in [0.29, 0.717) is 17.7 Å². The number of nitro benzene ring substituents is 1. The third-order valence-corrected chi connectivity index (χ3v) is 3.05. The monoisotopic (exact) mass is 314 g/mol. The van der Waals surface area contributed by atoms with Gasteiger partial charge in [0.2, 0.25) is 0 Å². The standard InChI is InChI=1S/C12H15BrN2O3/c1-9-6-10(8-11(7-9)15(17)18)12(16)14(2)5-3-4-13/h6-8H,3-5H2,1-2H3. The first-order valence-corrected chi connectivity index (χ1v) is 6.65. The summed E-state index contributed by atoms with van der Waals surface area (Å²) in [7, 11) is 1.69. The van der Waals surface area contributed by atoms with Crippen molar-refractivity contribution in [2.75, 3.05) is 18.9 Å². The molecule has 98 valence electrons. The van der Waals surface area contributed by atoms with Crippen LogP contribution in [0.2, 0.25) is 0 Å². The minimum absolute atomic E-state index is 0.0489. The molecule has 1 amide bonds. The van der Waals surface area contributed by atoms with Crippen molar-refractivity contribution in [1.29, 1.82) is 0 Å². The van der Waals surface area contributed by atoms with Crippen molar-refractivity contribution in [1.82, 2.24) is 4.90 Å². The van der Waals surface area contributed by atoms with Crippen molar-refractivity contribution in [3.05, 3.63) is 39.4 Å². The molecule has 0 aliphatic rings. The van der Waals surface area contributed by atoms with Crippen LogP contribution in [0, 0.1) is 17.0 Å². The Morgan fingerprint density at radius 3 is 2.67 bits per heavy atom. The van der Waals surface area contributed by atoms with Crippen LogP contribution >= 0.6 is 15.9 Å². The number of carbonyl (C=O) groups is 1. The number of alkyl halides is 1. The highest BCUT2D eigenvalue weighted by atomic mass is 79.9. The number of carbonyl (C=O) groups excluding carboxylic acids is 1. The number of amides is 1. The van der Waals surface area contributed by atoms with E-state index in [-0.39, 0.29) is 11.6 Å². The van der Waals surface area contributed by atoms with Gasteiger partial charge in [-0.1, -0.05) is 15.9 Å². The van der Waals surface area contributed by atoms with Crippen molar-refractivity contribution in [3.63, 3.8) is 0 Å². The molecule has 1 aromatic carbocycles. The summed E-state index contributed by atoms with van der Waals surface area (Å²) in [5.74, 6) is -0.192. The summed E-state index contributed by atoms with van der Waals surface area (Å²) in [5.41, 5.74) is 1.02. The molecule has 0 saturated heterocycles. The topological polar surface area (TPSA) is 63.5 Å². The van der Waals surface area contributed by atoms with E-state index in [1.165, 1.54) is 12.1 Å². The predicted molar refractivity (Wildman–Crippen MR) is 73.2 cm³/mol. The molecular weight excluding hydrogens is 300 g/mol. The molecule has 0 N–H and O–H groups in total. The number of nitrogens with zero attached hydrogens (tertiary/aromatic N) is 2. The molecule has 0 heterocycles. The maximum atomic E-state index is 12.1. The van der Waals surface area contributed by atoms with E-state index in [1.807, 2.05) is 0 Å². The molecule has 1 rings (SSSR count). The lowest BCUT2D eigenvalue weighted by Crippen LogP contribution is -2.28. The number of hydrogen-bond donors (Lipinski definition) is 0. The number of nitro groups is 1. The van der Waals surface area contributed by atoms with Crippen LogP contribution in [0.25, 0.3) is 0 Å². The molecule has 0 unspecified atom stereocenters. The van der Waals surface area contributed by atoms with Gasteiger partial charge in [0.15, 0.2) is 0 Å². The fourth-order valence-electron chi connectivity index (χ4n) is 1.61. The smallest absolute Gasteiger partial charge is 0.270 e. The average Bonchev–Trinajstić information content (AvgIpc) is 2.34. The van der Waals surface area contributed by atoms with Crippen LogP contribution in [0.5, 0.6) is 0 Å². The van der Waals surface area contributed by atoms with Crippen LogP contribution in [-0.2, 0) is 0 Å². The van der Waals surface area contributed by atoms with E-state index >= 15 is 0 Å². The van der Waals surface area contributed by atoms with Gasteiger partial charge >= 0.3 is 0 Å². The second-order valence-electron chi connectivity index (χ2n) is 4.08. The van der Waals surface area contributed by atoms with Gasteiger partial charge in [-0.3, -0.25) is 14.9 Å². The summed E-state index contributed by atoms with van der Waals surface area (Å²) >= 11 is 3.30. The fourth-order valence-corrected chi connectivity index (χ4v) is 1.86. The zero-order valence-electron chi connectivity index (χ0n) is 10.4. The molecule has 0 saturated carbocycles. The van der Waals surface area contributed by atoms with E-state index in [4.69, 9.17) is 0 Å². The van der Waals surface area contributed by atoms with Gasteiger partial charge in [0.25, 0.3) is 11.6 Å². The van der Waals surface area contributed by atoms with E-state index in [9.17, 15) is 14.9 Å². The second kappa shape index (κ2) is 6.49. The third-order valence-electron chi connectivity index (χ3n) is 2.49. The molecule has 1 aromatic rings. The van der Waals surface area contributed by atoms with Gasteiger partial charge in [-0.05, 0) is 25.0 Å². The Morgan fingerprint density at radius 1 is 1.44 bits per heavy atom. The molecular formula is C12H15BrN2O3. The molecule has 0 fully saturated rings. The van der Waals surface area contributed by atoms with Crippen LogP contribution in [0.4, 0.5) is 5.69 Å². The maximum Gasteiger partial charge on any atom is 0.270 e. The SMILES string of the molecule is Cc1cc(C(=O)N(C)CCCBr)cc([N+](=O)[O-])c1. The fraction of sp³-hybridized carbons (Fsp3) is 0.417. The normalized spacial score (nSPS) is 10.2. The second-order valence-corrected chi connectivity index (χ2v) is 4.88. The van der Waals surface area contributed by atoms with Gasteiger partial charge < -0.3 is 4.90 Å². The number of rotatable bonds is 5. The van der Waals surface area contributed by atoms with E-state index in [0.717, 1.165) is 11.8 Å². The lowest BCUT2D eigenvalue weighted by atomic mass is 10.1. The summed E-state index contributed by atoms with van der Waals surface area (Å²) in [6.07, 6.45) is 0.843. The molecule has 0 aromatic heterocycles. The lowest BCUT2D eigenvalue weighted by molar-refractivity contribution is -0.384. The predicted octanol–water partition coefficient (Wildman–Crippen LogP) is 2.76. The Hall–Kier alpha value is -1.43. The average molecular weight is 315 g/mol. The van der Waals surface area contributed by atoms with Crippen LogP contribution in [0.1, 0.15) is 22.3 Å². The Balaban J connectivity index is 2.95. The molecule has 0 atom stereocenters. The molecule has 18 heavy (non-hydrogen) atoms. The Labute approximate surface area is 114 Å². The van der Waals surface area contributed by atoms with Gasteiger partial charge in [0.1, 0.15) is 0 Å². The summed E-state index contributed by atoms with van der Waals surface area (Å²) in [4.78, 5) is 23.9. The molecule has 0 bridgehead atoms. The van der Waals surface area contributed by atoms with E-state index in [2.05, 4.69) is 15.9 Å². The van der Waals surface area contributed by atoms with Crippen LogP contribution in [0.15, 0.2) is 18.2 Å². The first-order chi connectivity index (χ1) is 8.45. The van der Waals surface area contributed by atoms with Crippen molar-refractivity contribution in [2.45, 2.75) is 13.3 Å². The van der Waals surface area contributed by atoms with Gasteiger partial charge in [0, 0.05) is 36.6 Å². The van der Waals surface area contributed by atoms with Crippen molar-refractivity contribution in [3.8, 4) is 0 Å². The maximum absolute atomic E-state index is 12.1. The van der Waals surface area contributed by atoms with Crippen LogP contribution in [0.3, 0.4) is 0 Å². The highest BCUT2D eigenvalue weighted by Gasteiger charge is 2.16. The van der Waals surface area contributed by atoms with Gasteiger partial charge in [-0.2, -0.15) is 0 Å². The van der Waals surface area contributed by atoms with E-state index < -0.39 is 4.92 Å². The molecule has 6 heteroatoms. The Bertz CT molecular complexity index is 463. The quantitative estimate of drug-likeness (QED) is 0.477. The van der Waals surface area contributed by atoms with Crippen LogP contribution < -0.4 is 0 Å². The van der Waals surface area contributed by atoms with E-state index in [1.54, 1.807) is 24.9 Å². The molecule has 0 spiro atoms. The largest absolute Gasteiger partial charge is 0.342 e. The highest BCUT2D eigenvalue weighted by molar-refractivity contribution is 9.09. The lowest BCUT2D eigenvalue weighted by Gasteiger charge is -2.16. The van der Waals surface area contributed by atoms with Crippen molar-refractivity contribution < 1.29 is 9.72 Å². The van der Waals surface area contributed by atoms with Crippen LogP contribution in [-0.4, -0.2) is 34.7 Å². The zero-order chi connectivity index (χ0) is 13.7. The minimum Gasteiger partial charge on any atom is -0.342 e. The number of non-ortho nitro benzene ring substituents is 1. The Kier molecular flexibility index (Phi) is 5.27. The molecule has 5 nitrogen and oxygen atoms in total. The summed E-state index contributed by atoms with van der Waals surface area (Å²) in [6, 6.07) is 4.44. The number of halogens is 1. The number of hydrogen-bond acceptors (Lipinski definition) is 3. The minimum atomic E-state index is -0.484. The Morgan fingerprint density at radius 2 is 2.11 bits per heavy atom. The summed E-state index contributed by atoms with van der Waals surface area (Å²) < 4.78 is 0. The number of benzene rings is 1. The van der Waals surface area contributed by atoms with Gasteiger partial charge in [-0.25, -0.2) is 0 Å². The highest BCUT2D eigenvalue weighted by Crippen LogP contribution is 2.17. The summed E-state index contributed by atoms with van der Waals surface area (Å²) in [6.45, 7) is 2.36. The molecule has 0 radical (unpaired) electrons. The van der Waals surface area contributed by atoms with Gasteiger partial charge in [0.05, 0.1) is 4.92 Å². The zero-order valence-corrected chi connectivity index (χ0v) is 11.9. The van der Waals surface area contributed by atoms with Crippen molar-refractivity contribution in [2.24, 2.45) is 0 Å². The number of aryl methyl sites for hydroxylation is 1. The first kappa shape index (κ1) is 14.6. The van der Waals surface area contributed by atoms with Crippen molar-refractivity contribution >= 4 is 27.5 Å². The van der Waals surface area contributed by atoms with Gasteiger partial charge in [-0.15, -0.1) is 0 Å². The first-order valence-electron chi connectivity index (χ1n) is 5.53.